The Labute approximate surface area is 168 Å². The Morgan fingerprint density at radius 2 is 2.14 bits per heavy atom. The third kappa shape index (κ3) is 3.50. The molecule has 0 unspecified atom stereocenters. The van der Waals surface area contributed by atoms with E-state index >= 15 is 0 Å². The van der Waals surface area contributed by atoms with Gasteiger partial charge >= 0.3 is 0 Å². The second-order valence-corrected chi connectivity index (χ2v) is 7.81. The molecular formula is C21H20ClN5O. The topological polar surface area (TPSA) is 95.3 Å². The molecule has 3 aromatic rings. The summed E-state index contributed by atoms with van der Waals surface area (Å²) < 4.78 is 0. The summed E-state index contributed by atoms with van der Waals surface area (Å²) in [4.78, 5) is 28.5. The van der Waals surface area contributed by atoms with E-state index < -0.39 is 0 Å². The number of aromatic nitrogens is 4. The highest BCUT2D eigenvalue weighted by Gasteiger charge is 2.29. The Morgan fingerprint density at radius 3 is 2.93 bits per heavy atom. The van der Waals surface area contributed by atoms with Crippen LogP contribution in [0.2, 0.25) is 5.02 Å². The summed E-state index contributed by atoms with van der Waals surface area (Å²) >= 11 is 6.11. The quantitative estimate of drug-likeness (QED) is 0.704. The maximum absolute atomic E-state index is 12.0. The van der Waals surface area contributed by atoms with Crippen molar-refractivity contribution in [1.82, 2.24) is 19.9 Å². The molecule has 3 heterocycles. The summed E-state index contributed by atoms with van der Waals surface area (Å²) in [6, 6.07) is 3.99. The third-order valence-electron chi connectivity index (χ3n) is 5.59. The van der Waals surface area contributed by atoms with Gasteiger partial charge in [0.15, 0.2) is 0 Å². The van der Waals surface area contributed by atoms with E-state index in [2.05, 4.69) is 21.0 Å². The zero-order valence-electron chi connectivity index (χ0n) is 15.6. The molecule has 0 radical (unpaired) electrons. The van der Waals surface area contributed by atoms with E-state index in [0.717, 1.165) is 36.6 Å². The van der Waals surface area contributed by atoms with Crippen LogP contribution in [-0.2, 0) is 11.2 Å². The normalized spacial score (nSPS) is 19.5. The van der Waals surface area contributed by atoms with Gasteiger partial charge in [-0.15, -0.1) is 0 Å². The highest BCUT2D eigenvalue weighted by atomic mass is 35.5. The smallest absolute Gasteiger partial charge is 0.138 e. The molecule has 4 rings (SSSR count). The van der Waals surface area contributed by atoms with Crippen molar-refractivity contribution in [2.75, 3.05) is 0 Å². The molecule has 0 amide bonds. The van der Waals surface area contributed by atoms with Crippen LogP contribution in [0.4, 0.5) is 0 Å². The van der Waals surface area contributed by atoms with Crippen molar-refractivity contribution in [3.8, 4) is 17.3 Å². The maximum atomic E-state index is 12.0. The van der Waals surface area contributed by atoms with Crippen molar-refractivity contribution in [1.29, 1.82) is 5.26 Å². The Bertz CT molecular complexity index is 1080. The van der Waals surface area contributed by atoms with Gasteiger partial charge in [0, 0.05) is 41.9 Å². The summed E-state index contributed by atoms with van der Waals surface area (Å²) in [5.74, 6) is 1.24. The van der Waals surface area contributed by atoms with Crippen LogP contribution in [0.25, 0.3) is 22.3 Å². The molecule has 0 spiro atoms. The molecule has 0 bridgehead atoms. The van der Waals surface area contributed by atoms with Crippen molar-refractivity contribution in [2.24, 2.45) is 11.8 Å². The molecule has 0 aromatic carbocycles. The fourth-order valence-corrected chi connectivity index (χ4v) is 4.36. The lowest BCUT2D eigenvalue weighted by Crippen LogP contribution is -2.27. The molecule has 0 saturated heterocycles. The standard InChI is InChI=1S/C21H20ClN5O/c1-12(28)16-5-3-2-4-13(16)6-19-24-9-14(8-23)20(27-19)18-11-26-21-17(18)7-15(22)10-25-21/h7,9-11,13,16H,2-6H2,1H3,(H,25,26)/t13-,16-/m1/s1. The molecule has 142 valence electrons. The number of Topliss-reactive ketones (excluding diaryl/α,β-unsaturated/α-hetero) is 1. The summed E-state index contributed by atoms with van der Waals surface area (Å²) in [6.45, 7) is 1.68. The summed E-state index contributed by atoms with van der Waals surface area (Å²) in [5.41, 5.74) is 2.43. The van der Waals surface area contributed by atoms with E-state index in [1.807, 2.05) is 6.07 Å². The zero-order valence-corrected chi connectivity index (χ0v) is 16.3. The lowest BCUT2D eigenvalue weighted by Gasteiger charge is -2.29. The summed E-state index contributed by atoms with van der Waals surface area (Å²) in [7, 11) is 0. The number of hydrogen-bond donors (Lipinski definition) is 1. The van der Waals surface area contributed by atoms with Gasteiger partial charge in [-0.3, -0.25) is 4.79 Å². The highest BCUT2D eigenvalue weighted by Crippen LogP contribution is 2.34. The van der Waals surface area contributed by atoms with Crippen LogP contribution in [0, 0.1) is 23.2 Å². The van der Waals surface area contributed by atoms with Crippen molar-refractivity contribution < 1.29 is 4.79 Å². The first-order chi connectivity index (χ1) is 13.6. The van der Waals surface area contributed by atoms with E-state index in [-0.39, 0.29) is 17.6 Å². The molecule has 1 saturated carbocycles. The largest absolute Gasteiger partial charge is 0.345 e. The molecular weight excluding hydrogens is 374 g/mol. The van der Waals surface area contributed by atoms with Gasteiger partial charge in [0.2, 0.25) is 0 Å². The molecule has 1 aliphatic rings. The maximum Gasteiger partial charge on any atom is 0.138 e. The molecule has 0 aliphatic heterocycles. The summed E-state index contributed by atoms with van der Waals surface area (Å²) in [5, 5.41) is 10.9. The Hall–Kier alpha value is -2.78. The number of carbonyl (C=O) groups is 1. The van der Waals surface area contributed by atoms with E-state index in [9.17, 15) is 10.1 Å². The highest BCUT2D eigenvalue weighted by molar-refractivity contribution is 6.31. The van der Waals surface area contributed by atoms with Crippen LogP contribution < -0.4 is 0 Å². The number of hydrogen-bond acceptors (Lipinski definition) is 5. The Balaban J connectivity index is 1.73. The second kappa shape index (κ2) is 7.69. The Morgan fingerprint density at radius 1 is 1.32 bits per heavy atom. The first-order valence-corrected chi connectivity index (χ1v) is 9.84. The number of carbonyl (C=O) groups excluding carboxylic acids is 1. The summed E-state index contributed by atoms with van der Waals surface area (Å²) in [6.07, 6.45) is 9.76. The predicted molar refractivity (Wildman–Crippen MR) is 107 cm³/mol. The minimum absolute atomic E-state index is 0.0764. The van der Waals surface area contributed by atoms with E-state index in [1.54, 1.807) is 25.5 Å². The number of ketones is 1. The van der Waals surface area contributed by atoms with Crippen LogP contribution in [-0.4, -0.2) is 25.7 Å². The zero-order chi connectivity index (χ0) is 19.7. The molecule has 7 heteroatoms. The fraction of sp³-hybridized carbons (Fsp3) is 0.381. The minimum atomic E-state index is 0.0764. The number of pyridine rings is 1. The fourth-order valence-electron chi connectivity index (χ4n) is 4.20. The van der Waals surface area contributed by atoms with Gasteiger partial charge in [0.05, 0.1) is 16.3 Å². The van der Waals surface area contributed by atoms with Gasteiger partial charge in [-0.25, -0.2) is 15.0 Å². The third-order valence-corrected chi connectivity index (χ3v) is 5.79. The molecule has 28 heavy (non-hydrogen) atoms. The van der Waals surface area contributed by atoms with Crippen LogP contribution in [0.1, 0.15) is 44.0 Å². The number of nitrogens with one attached hydrogen (secondary N) is 1. The molecule has 3 aromatic heterocycles. The van der Waals surface area contributed by atoms with Gasteiger partial charge in [-0.2, -0.15) is 5.26 Å². The van der Waals surface area contributed by atoms with E-state index in [1.165, 1.54) is 0 Å². The average Bonchev–Trinajstić information content (AvgIpc) is 3.11. The van der Waals surface area contributed by atoms with Crippen LogP contribution in [0.15, 0.2) is 24.7 Å². The predicted octanol–water partition coefficient (Wildman–Crippen LogP) is 4.48. The second-order valence-electron chi connectivity index (χ2n) is 7.38. The number of nitrogens with zero attached hydrogens (tertiary/aromatic N) is 4. The first-order valence-electron chi connectivity index (χ1n) is 9.46. The van der Waals surface area contributed by atoms with E-state index in [0.29, 0.717) is 34.2 Å². The number of aromatic amines is 1. The van der Waals surface area contributed by atoms with Gasteiger partial charge < -0.3 is 4.98 Å². The minimum Gasteiger partial charge on any atom is -0.345 e. The monoisotopic (exact) mass is 393 g/mol. The van der Waals surface area contributed by atoms with Crippen molar-refractivity contribution in [2.45, 2.75) is 39.0 Å². The number of rotatable bonds is 4. The van der Waals surface area contributed by atoms with Crippen LogP contribution in [0.5, 0.6) is 0 Å². The van der Waals surface area contributed by atoms with Crippen molar-refractivity contribution in [3.63, 3.8) is 0 Å². The number of halogens is 1. The number of H-pyrrole nitrogens is 1. The van der Waals surface area contributed by atoms with Gasteiger partial charge in [-0.1, -0.05) is 24.4 Å². The Kier molecular flexibility index (Phi) is 5.10. The van der Waals surface area contributed by atoms with Crippen LogP contribution >= 0.6 is 11.6 Å². The first kappa shape index (κ1) is 18.6. The SMILES string of the molecule is CC(=O)[C@H]1CCCC[C@@H]1Cc1ncc(C#N)c(-c2c[nH]c3ncc(Cl)cc23)n1. The molecule has 6 nitrogen and oxygen atoms in total. The van der Waals surface area contributed by atoms with Gasteiger partial charge in [-0.05, 0) is 31.7 Å². The number of fused-ring (bicyclic) bond motifs is 1. The van der Waals surface area contributed by atoms with Gasteiger partial charge in [0.1, 0.15) is 23.3 Å². The van der Waals surface area contributed by atoms with Gasteiger partial charge in [0.25, 0.3) is 0 Å². The number of nitriles is 1. The molecule has 1 aliphatic carbocycles. The molecule has 1 fully saturated rings. The van der Waals surface area contributed by atoms with Crippen molar-refractivity contribution in [3.05, 3.63) is 41.1 Å². The average molecular weight is 394 g/mol. The molecule has 2 atom stereocenters. The van der Waals surface area contributed by atoms with E-state index in [4.69, 9.17) is 16.6 Å². The lowest BCUT2D eigenvalue weighted by atomic mass is 9.75. The van der Waals surface area contributed by atoms with Crippen LogP contribution in [0.3, 0.4) is 0 Å². The lowest BCUT2D eigenvalue weighted by molar-refractivity contribution is -0.123. The van der Waals surface area contributed by atoms with Crippen molar-refractivity contribution >= 4 is 28.4 Å². The molecule has 1 N–H and O–H groups in total.